The Labute approximate surface area is 127 Å². The van der Waals surface area contributed by atoms with E-state index in [1.165, 1.54) is 19.8 Å². The molecule has 0 unspecified atom stereocenters. The summed E-state index contributed by atoms with van der Waals surface area (Å²) in [7, 11) is 4.15. The molecule has 1 N–H and O–H groups in total. The van der Waals surface area contributed by atoms with Crippen molar-refractivity contribution in [1.82, 2.24) is 10.2 Å². The summed E-state index contributed by atoms with van der Waals surface area (Å²) in [5.74, 6) is 0. The third kappa shape index (κ3) is 4.42. The van der Waals surface area contributed by atoms with Gasteiger partial charge in [0.05, 0.1) is 0 Å². The van der Waals surface area contributed by atoms with Crippen LogP contribution in [0.3, 0.4) is 0 Å². The predicted molar refractivity (Wildman–Crippen MR) is 86.4 cm³/mol. The second kappa shape index (κ2) is 7.20. The van der Waals surface area contributed by atoms with E-state index in [1.807, 2.05) is 18.4 Å². The van der Waals surface area contributed by atoms with Gasteiger partial charge in [0.15, 0.2) is 0 Å². The van der Waals surface area contributed by atoms with E-state index in [9.17, 15) is 0 Å². The quantitative estimate of drug-likeness (QED) is 0.860. The van der Waals surface area contributed by atoms with Gasteiger partial charge in [0.2, 0.25) is 0 Å². The van der Waals surface area contributed by atoms with Crippen LogP contribution in [-0.2, 0) is 19.6 Å². The molecular weight excluding hydrogens is 320 g/mol. The molecule has 1 heterocycles. The number of hydrogen-bond acceptors (Lipinski definition) is 3. The molecular formula is C15H19BrN2S. The fourth-order valence-corrected chi connectivity index (χ4v) is 3.54. The van der Waals surface area contributed by atoms with Crippen molar-refractivity contribution in [3.05, 3.63) is 56.2 Å². The van der Waals surface area contributed by atoms with Crippen molar-refractivity contribution in [2.45, 2.75) is 19.6 Å². The first-order valence-corrected chi connectivity index (χ1v) is 7.94. The molecule has 0 bridgehead atoms. The van der Waals surface area contributed by atoms with E-state index < -0.39 is 0 Å². The molecule has 1 aromatic heterocycles. The molecule has 19 heavy (non-hydrogen) atoms. The lowest BCUT2D eigenvalue weighted by molar-refractivity contribution is 0.321. The number of hydrogen-bond donors (Lipinski definition) is 1. The van der Waals surface area contributed by atoms with Crippen LogP contribution in [0.25, 0.3) is 0 Å². The van der Waals surface area contributed by atoms with Gasteiger partial charge in [-0.25, -0.2) is 0 Å². The average molecular weight is 339 g/mol. The molecule has 0 aliphatic rings. The van der Waals surface area contributed by atoms with Gasteiger partial charge < -0.3 is 5.32 Å². The van der Waals surface area contributed by atoms with Crippen LogP contribution >= 0.6 is 27.3 Å². The van der Waals surface area contributed by atoms with Crippen molar-refractivity contribution in [2.75, 3.05) is 14.1 Å². The minimum absolute atomic E-state index is 0.957. The molecule has 0 fully saturated rings. The van der Waals surface area contributed by atoms with Crippen LogP contribution in [0.4, 0.5) is 0 Å². The van der Waals surface area contributed by atoms with Gasteiger partial charge in [0, 0.05) is 33.9 Å². The largest absolute Gasteiger partial charge is 0.315 e. The molecule has 2 rings (SSSR count). The zero-order valence-electron chi connectivity index (χ0n) is 11.3. The molecule has 0 aliphatic carbocycles. The standard InChI is InChI=1S/C15H19BrN2S/c1-17-9-13-7-8-14(19-13)11-18(2)10-12-5-3-4-6-15(12)16/h3-8,17H,9-11H2,1-2H3. The molecule has 0 spiro atoms. The molecule has 0 aliphatic heterocycles. The Morgan fingerprint density at radius 3 is 2.58 bits per heavy atom. The van der Waals surface area contributed by atoms with Crippen LogP contribution in [0.1, 0.15) is 15.3 Å². The molecule has 102 valence electrons. The Morgan fingerprint density at radius 1 is 1.11 bits per heavy atom. The number of nitrogens with one attached hydrogen (secondary N) is 1. The number of rotatable bonds is 6. The van der Waals surface area contributed by atoms with Gasteiger partial charge in [0.25, 0.3) is 0 Å². The summed E-state index contributed by atoms with van der Waals surface area (Å²) in [5.41, 5.74) is 1.33. The number of benzene rings is 1. The lowest BCUT2D eigenvalue weighted by Gasteiger charge is -2.16. The van der Waals surface area contributed by atoms with Crippen molar-refractivity contribution < 1.29 is 0 Å². The smallest absolute Gasteiger partial charge is 0.0328 e. The van der Waals surface area contributed by atoms with Gasteiger partial charge in [-0.15, -0.1) is 11.3 Å². The summed E-state index contributed by atoms with van der Waals surface area (Å²) < 4.78 is 1.18. The first-order valence-electron chi connectivity index (χ1n) is 6.33. The van der Waals surface area contributed by atoms with Crippen LogP contribution in [0.2, 0.25) is 0 Å². The number of nitrogens with zero attached hydrogens (tertiary/aromatic N) is 1. The second-order valence-electron chi connectivity index (χ2n) is 4.66. The Morgan fingerprint density at radius 2 is 1.84 bits per heavy atom. The maximum absolute atomic E-state index is 3.60. The Balaban J connectivity index is 1.93. The first-order chi connectivity index (χ1) is 9.19. The molecule has 2 nitrogen and oxygen atoms in total. The Kier molecular flexibility index (Phi) is 5.58. The van der Waals surface area contributed by atoms with E-state index in [4.69, 9.17) is 0 Å². The molecule has 1 aromatic carbocycles. The minimum Gasteiger partial charge on any atom is -0.315 e. The summed E-state index contributed by atoms with van der Waals surface area (Å²) >= 11 is 5.49. The van der Waals surface area contributed by atoms with Crippen LogP contribution in [0.15, 0.2) is 40.9 Å². The van der Waals surface area contributed by atoms with Crippen molar-refractivity contribution in [1.29, 1.82) is 0 Å². The third-order valence-corrected chi connectivity index (χ3v) is 4.74. The lowest BCUT2D eigenvalue weighted by Crippen LogP contribution is -2.16. The molecule has 0 saturated carbocycles. The Hall–Kier alpha value is -0.680. The van der Waals surface area contributed by atoms with Crippen LogP contribution < -0.4 is 5.32 Å². The topological polar surface area (TPSA) is 15.3 Å². The van der Waals surface area contributed by atoms with Gasteiger partial charge in [-0.2, -0.15) is 0 Å². The van der Waals surface area contributed by atoms with Gasteiger partial charge in [0.1, 0.15) is 0 Å². The van der Waals surface area contributed by atoms with E-state index in [2.05, 4.69) is 69.6 Å². The van der Waals surface area contributed by atoms with Crippen LogP contribution in [0, 0.1) is 0 Å². The SMILES string of the molecule is CNCc1ccc(CN(C)Cc2ccccc2Br)s1. The zero-order chi connectivity index (χ0) is 13.7. The third-order valence-electron chi connectivity index (χ3n) is 2.89. The van der Waals surface area contributed by atoms with E-state index in [0.717, 1.165) is 19.6 Å². The van der Waals surface area contributed by atoms with Gasteiger partial charge in [-0.3, -0.25) is 4.90 Å². The fraction of sp³-hybridized carbons (Fsp3) is 0.333. The molecule has 0 atom stereocenters. The van der Waals surface area contributed by atoms with E-state index in [1.54, 1.807) is 0 Å². The lowest BCUT2D eigenvalue weighted by atomic mass is 10.2. The highest BCUT2D eigenvalue weighted by Crippen LogP contribution is 2.21. The summed E-state index contributed by atoms with van der Waals surface area (Å²) in [4.78, 5) is 5.15. The minimum atomic E-state index is 0.957. The number of halogens is 1. The molecule has 0 radical (unpaired) electrons. The Bertz CT molecular complexity index is 524. The highest BCUT2D eigenvalue weighted by atomic mass is 79.9. The fourth-order valence-electron chi connectivity index (χ4n) is 2.02. The molecule has 0 saturated heterocycles. The summed E-state index contributed by atoms with van der Waals surface area (Å²) in [6, 6.07) is 12.8. The first kappa shape index (κ1) is 14.7. The summed E-state index contributed by atoms with van der Waals surface area (Å²) in [6.45, 7) is 2.91. The average Bonchev–Trinajstić information content (AvgIpc) is 2.80. The predicted octanol–water partition coefficient (Wildman–Crippen LogP) is 3.86. The van der Waals surface area contributed by atoms with Gasteiger partial charge in [-0.05, 0) is 37.9 Å². The van der Waals surface area contributed by atoms with Crippen LogP contribution in [-0.4, -0.2) is 19.0 Å². The van der Waals surface area contributed by atoms with Gasteiger partial charge >= 0.3 is 0 Å². The zero-order valence-corrected chi connectivity index (χ0v) is 13.7. The van der Waals surface area contributed by atoms with Crippen molar-refractivity contribution in [3.8, 4) is 0 Å². The maximum atomic E-state index is 3.60. The van der Waals surface area contributed by atoms with Crippen molar-refractivity contribution >= 4 is 27.3 Å². The molecule has 0 amide bonds. The molecule has 4 heteroatoms. The van der Waals surface area contributed by atoms with Gasteiger partial charge in [-0.1, -0.05) is 34.1 Å². The highest BCUT2D eigenvalue weighted by Gasteiger charge is 2.06. The summed E-state index contributed by atoms with van der Waals surface area (Å²) in [6.07, 6.45) is 0. The summed E-state index contributed by atoms with van der Waals surface area (Å²) in [5, 5.41) is 3.19. The molecule has 2 aromatic rings. The number of thiophene rings is 1. The van der Waals surface area contributed by atoms with Crippen molar-refractivity contribution in [2.24, 2.45) is 0 Å². The van der Waals surface area contributed by atoms with E-state index in [-0.39, 0.29) is 0 Å². The van der Waals surface area contributed by atoms with Crippen LogP contribution in [0.5, 0.6) is 0 Å². The monoisotopic (exact) mass is 338 g/mol. The highest BCUT2D eigenvalue weighted by molar-refractivity contribution is 9.10. The van der Waals surface area contributed by atoms with E-state index in [0.29, 0.717) is 0 Å². The maximum Gasteiger partial charge on any atom is 0.0328 e. The second-order valence-corrected chi connectivity index (χ2v) is 6.77. The van der Waals surface area contributed by atoms with E-state index >= 15 is 0 Å². The normalized spacial score (nSPS) is 11.2. The van der Waals surface area contributed by atoms with Crippen molar-refractivity contribution in [3.63, 3.8) is 0 Å².